The number of hydrogen-bond acceptors (Lipinski definition) is 4. The molecular weight excluding hydrogens is 213 g/mol. The number of benzene rings is 1. The van der Waals surface area contributed by atoms with E-state index in [0.29, 0.717) is 12.0 Å². The average molecular weight is 221 g/mol. The van der Waals surface area contributed by atoms with Gasteiger partial charge in [-0.05, 0) is 24.3 Å². The Morgan fingerprint density at radius 3 is 2.56 bits per heavy atom. The summed E-state index contributed by atoms with van der Waals surface area (Å²) in [5.74, 6) is -0.257. The lowest BCUT2D eigenvalue weighted by molar-refractivity contribution is 0.111. The van der Waals surface area contributed by atoms with E-state index in [-0.39, 0.29) is 17.7 Å². The van der Waals surface area contributed by atoms with Gasteiger partial charge in [0.25, 0.3) is 0 Å². The molecule has 1 aromatic heterocycles. The Hall–Kier alpha value is -2.24. The summed E-state index contributed by atoms with van der Waals surface area (Å²) in [7, 11) is 1.42. The van der Waals surface area contributed by atoms with Crippen LogP contribution < -0.4 is 4.74 Å². The molecule has 0 unspecified atom stereocenters. The minimum atomic E-state index is -0.358. The Balaban J connectivity index is 2.57. The van der Waals surface area contributed by atoms with Gasteiger partial charge in [-0.2, -0.15) is 0 Å². The Morgan fingerprint density at radius 2 is 2.00 bits per heavy atom. The van der Waals surface area contributed by atoms with E-state index in [1.54, 1.807) is 0 Å². The van der Waals surface area contributed by atoms with Crippen molar-refractivity contribution in [2.45, 2.75) is 0 Å². The maximum Gasteiger partial charge on any atom is 0.321 e. The van der Waals surface area contributed by atoms with Gasteiger partial charge in [-0.3, -0.25) is 4.79 Å². The quantitative estimate of drug-likeness (QED) is 0.731. The molecule has 0 N–H and O–H groups in total. The van der Waals surface area contributed by atoms with Gasteiger partial charge in [-0.25, -0.2) is 8.96 Å². The fraction of sp³-hybridized carbons (Fsp3) is 0.100. The fourth-order valence-corrected chi connectivity index (χ4v) is 1.32. The standard InChI is InChI=1S/C10H8FN3O2/c1-16-10-13-12-9(6-15)14(10)8-4-2-7(11)3-5-8/h2-6H,1H3. The summed E-state index contributed by atoms with van der Waals surface area (Å²) in [5.41, 5.74) is 0.561. The van der Waals surface area contributed by atoms with Crippen molar-refractivity contribution in [3.8, 4) is 11.7 Å². The van der Waals surface area contributed by atoms with Crippen molar-refractivity contribution in [3.05, 3.63) is 35.9 Å². The van der Waals surface area contributed by atoms with Gasteiger partial charge in [0, 0.05) is 0 Å². The summed E-state index contributed by atoms with van der Waals surface area (Å²) in [6, 6.07) is 5.75. The number of aldehydes is 1. The van der Waals surface area contributed by atoms with Gasteiger partial charge < -0.3 is 4.74 Å². The number of methoxy groups -OCH3 is 1. The van der Waals surface area contributed by atoms with Crippen LogP contribution in [0.15, 0.2) is 24.3 Å². The first-order chi connectivity index (χ1) is 7.76. The zero-order valence-electron chi connectivity index (χ0n) is 8.42. The first-order valence-corrected chi connectivity index (χ1v) is 4.47. The van der Waals surface area contributed by atoms with Crippen LogP contribution in [0.25, 0.3) is 5.69 Å². The van der Waals surface area contributed by atoms with Crippen LogP contribution in [-0.2, 0) is 0 Å². The molecule has 2 aromatic rings. The van der Waals surface area contributed by atoms with Crippen LogP contribution in [0.2, 0.25) is 0 Å². The highest BCUT2D eigenvalue weighted by Gasteiger charge is 2.13. The van der Waals surface area contributed by atoms with Gasteiger partial charge in [0.15, 0.2) is 6.29 Å². The third kappa shape index (κ3) is 1.65. The first-order valence-electron chi connectivity index (χ1n) is 4.47. The van der Waals surface area contributed by atoms with E-state index < -0.39 is 0 Å². The molecule has 0 amide bonds. The second-order valence-corrected chi connectivity index (χ2v) is 2.97. The molecule has 16 heavy (non-hydrogen) atoms. The summed E-state index contributed by atoms with van der Waals surface area (Å²) in [6.07, 6.45) is 0.554. The molecule has 0 bridgehead atoms. The molecule has 1 aromatic carbocycles. The van der Waals surface area contributed by atoms with Crippen molar-refractivity contribution < 1.29 is 13.9 Å². The minimum Gasteiger partial charge on any atom is -0.467 e. The zero-order valence-corrected chi connectivity index (χ0v) is 8.42. The molecule has 0 spiro atoms. The predicted octanol–water partition coefficient (Wildman–Crippen LogP) is 1.23. The van der Waals surface area contributed by atoms with E-state index in [2.05, 4.69) is 10.2 Å². The van der Waals surface area contributed by atoms with E-state index in [0.717, 1.165) is 0 Å². The third-order valence-electron chi connectivity index (χ3n) is 2.03. The summed E-state index contributed by atoms with van der Waals surface area (Å²) in [4.78, 5) is 10.7. The van der Waals surface area contributed by atoms with E-state index in [1.807, 2.05) is 0 Å². The van der Waals surface area contributed by atoms with Crippen LogP contribution in [0.1, 0.15) is 10.6 Å². The number of carbonyl (C=O) groups is 1. The lowest BCUT2D eigenvalue weighted by atomic mass is 10.3. The van der Waals surface area contributed by atoms with Crippen LogP contribution in [0, 0.1) is 5.82 Å². The lowest BCUT2D eigenvalue weighted by Gasteiger charge is -2.05. The van der Waals surface area contributed by atoms with Gasteiger partial charge in [-0.1, -0.05) is 5.10 Å². The van der Waals surface area contributed by atoms with Gasteiger partial charge >= 0.3 is 6.01 Å². The highest BCUT2D eigenvalue weighted by molar-refractivity contribution is 5.71. The number of aromatic nitrogens is 3. The van der Waals surface area contributed by atoms with E-state index >= 15 is 0 Å². The summed E-state index contributed by atoms with van der Waals surface area (Å²) < 4.78 is 19.1. The summed E-state index contributed by atoms with van der Waals surface area (Å²) >= 11 is 0. The number of ether oxygens (including phenoxy) is 1. The second-order valence-electron chi connectivity index (χ2n) is 2.97. The fourth-order valence-electron chi connectivity index (χ4n) is 1.32. The van der Waals surface area contributed by atoms with Crippen molar-refractivity contribution in [2.24, 2.45) is 0 Å². The Labute approximate surface area is 90.5 Å². The number of hydrogen-bond donors (Lipinski definition) is 0. The number of rotatable bonds is 3. The minimum absolute atomic E-state index is 0.100. The molecule has 0 fully saturated rings. The normalized spacial score (nSPS) is 10.1. The van der Waals surface area contributed by atoms with Crippen molar-refractivity contribution in [2.75, 3.05) is 7.11 Å². The number of halogens is 1. The topological polar surface area (TPSA) is 57.0 Å². The first kappa shape index (κ1) is 10.3. The maximum atomic E-state index is 12.8. The molecule has 1 heterocycles. The largest absolute Gasteiger partial charge is 0.467 e. The molecule has 6 heteroatoms. The van der Waals surface area contributed by atoms with Crippen LogP contribution in [0.4, 0.5) is 4.39 Å². The molecule has 0 aliphatic carbocycles. The molecule has 2 rings (SSSR count). The average Bonchev–Trinajstić information content (AvgIpc) is 2.73. The van der Waals surface area contributed by atoms with Gasteiger partial charge in [-0.15, -0.1) is 5.10 Å². The highest BCUT2D eigenvalue weighted by atomic mass is 19.1. The molecule has 0 aliphatic rings. The van der Waals surface area contributed by atoms with Gasteiger partial charge in [0.1, 0.15) is 5.82 Å². The van der Waals surface area contributed by atoms with E-state index in [1.165, 1.54) is 35.9 Å². The molecule has 0 radical (unpaired) electrons. The second kappa shape index (κ2) is 4.09. The van der Waals surface area contributed by atoms with Crippen molar-refractivity contribution in [1.29, 1.82) is 0 Å². The smallest absolute Gasteiger partial charge is 0.321 e. The monoisotopic (exact) mass is 221 g/mol. The van der Waals surface area contributed by atoms with Crippen molar-refractivity contribution >= 4 is 6.29 Å². The number of nitrogens with zero attached hydrogens (tertiary/aromatic N) is 3. The van der Waals surface area contributed by atoms with Crippen LogP contribution >= 0.6 is 0 Å². The molecular formula is C10H8FN3O2. The third-order valence-corrected chi connectivity index (χ3v) is 2.03. The molecule has 0 saturated heterocycles. The molecule has 82 valence electrons. The Morgan fingerprint density at radius 1 is 1.31 bits per heavy atom. The predicted molar refractivity (Wildman–Crippen MR) is 53.3 cm³/mol. The molecule has 0 aliphatic heterocycles. The van der Waals surface area contributed by atoms with Crippen molar-refractivity contribution in [1.82, 2.24) is 14.8 Å². The van der Waals surface area contributed by atoms with Crippen LogP contribution in [0.3, 0.4) is 0 Å². The van der Waals surface area contributed by atoms with Crippen LogP contribution in [0.5, 0.6) is 6.01 Å². The Bertz CT molecular complexity index is 507. The highest BCUT2D eigenvalue weighted by Crippen LogP contribution is 2.17. The van der Waals surface area contributed by atoms with Crippen molar-refractivity contribution in [3.63, 3.8) is 0 Å². The molecule has 0 saturated carbocycles. The summed E-state index contributed by atoms with van der Waals surface area (Å²) in [5, 5.41) is 7.30. The van der Waals surface area contributed by atoms with E-state index in [9.17, 15) is 9.18 Å². The molecule has 0 atom stereocenters. The maximum absolute atomic E-state index is 12.8. The number of carbonyl (C=O) groups excluding carboxylic acids is 1. The molecule has 5 nitrogen and oxygen atoms in total. The summed E-state index contributed by atoms with van der Waals surface area (Å²) in [6.45, 7) is 0. The lowest BCUT2D eigenvalue weighted by Crippen LogP contribution is -2.02. The SMILES string of the molecule is COc1nnc(C=O)n1-c1ccc(F)cc1. The van der Waals surface area contributed by atoms with Gasteiger partial charge in [0.2, 0.25) is 5.82 Å². The van der Waals surface area contributed by atoms with Crippen LogP contribution in [-0.4, -0.2) is 28.2 Å². The van der Waals surface area contributed by atoms with Gasteiger partial charge in [0.05, 0.1) is 12.8 Å². The van der Waals surface area contributed by atoms with E-state index in [4.69, 9.17) is 4.74 Å². The zero-order chi connectivity index (χ0) is 11.5. The Kier molecular flexibility index (Phi) is 2.63.